The van der Waals surface area contributed by atoms with Crippen molar-refractivity contribution >= 4 is 5.78 Å². The highest BCUT2D eigenvalue weighted by atomic mass is 19.1. The van der Waals surface area contributed by atoms with E-state index >= 15 is 0 Å². The molecule has 4 heteroatoms. The average Bonchev–Trinajstić information content (AvgIpc) is 2.71. The predicted molar refractivity (Wildman–Crippen MR) is 79.2 cm³/mol. The summed E-state index contributed by atoms with van der Waals surface area (Å²) in [7, 11) is 0. The van der Waals surface area contributed by atoms with Crippen molar-refractivity contribution in [2.75, 3.05) is 13.1 Å². The lowest BCUT2D eigenvalue weighted by Crippen LogP contribution is -2.51. The van der Waals surface area contributed by atoms with E-state index in [-0.39, 0.29) is 17.8 Å². The fourth-order valence-corrected chi connectivity index (χ4v) is 2.86. The van der Waals surface area contributed by atoms with Crippen molar-refractivity contribution < 1.29 is 13.6 Å². The Labute approximate surface area is 125 Å². The number of Topliss-reactive ketones (excluding diaryl/α,β-unsaturated/α-hetero) is 1. The van der Waals surface area contributed by atoms with Crippen LogP contribution in [-0.4, -0.2) is 29.3 Å². The summed E-state index contributed by atoms with van der Waals surface area (Å²) < 4.78 is 26.6. The Hall–Kier alpha value is -1.29. The van der Waals surface area contributed by atoms with E-state index in [9.17, 15) is 13.6 Å². The van der Waals surface area contributed by atoms with Crippen LogP contribution in [0.3, 0.4) is 0 Å². The highest BCUT2D eigenvalue weighted by Gasteiger charge is 2.34. The first kappa shape index (κ1) is 16.1. The molecular formula is C17H23F2NO. The number of hydrogen-bond acceptors (Lipinski definition) is 2. The first-order valence-electron chi connectivity index (χ1n) is 7.63. The number of likely N-dealkylation sites (tertiary alicyclic amines) is 1. The van der Waals surface area contributed by atoms with Gasteiger partial charge < -0.3 is 0 Å². The Balaban J connectivity index is 2.10. The molecule has 1 aromatic carbocycles. The van der Waals surface area contributed by atoms with Crippen LogP contribution in [-0.2, 0) is 11.2 Å². The highest BCUT2D eigenvalue weighted by molar-refractivity contribution is 5.89. The van der Waals surface area contributed by atoms with Crippen molar-refractivity contribution in [3.8, 4) is 0 Å². The highest BCUT2D eigenvalue weighted by Crippen LogP contribution is 2.23. The van der Waals surface area contributed by atoms with Gasteiger partial charge >= 0.3 is 0 Å². The number of ketones is 1. The topological polar surface area (TPSA) is 20.3 Å². The first-order valence-corrected chi connectivity index (χ1v) is 7.63. The van der Waals surface area contributed by atoms with E-state index in [4.69, 9.17) is 0 Å². The van der Waals surface area contributed by atoms with Crippen LogP contribution in [0.2, 0.25) is 0 Å². The fraction of sp³-hybridized carbons (Fsp3) is 0.588. The van der Waals surface area contributed by atoms with Gasteiger partial charge in [-0.05, 0) is 51.4 Å². The SMILES string of the molecule is CC(C)(C(=O)Cc1ccc(F)cc1F)N1CCCCCC1. The van der Waals surface area contributed by atoms with E-state index in [2.05, 4.69) is 4.90 Å². The molecular weight excluding hydrogens is 272 g/mol. The molecule has 0 N–H and O–H groups in total. The number of rotatable bonds is 4. The van der Waals surface area contributed by atoms with Crippen molar-refractivity contribution in [3.05, 3.63) is 35.4 Å². The third kappa shape index (κ3) is 3.88. The van der Waals surface area contributed by atoms with Gasteiger partial charge in [-0.2, -0.15) is 0 Å². The van der Waals surface area contributed by atoms with Crippen molar-refractivity contribution in [1.29, 1.82) is 0 Å². The third-order valence-electron chi connectivity index (χ3n) is 4.45. The van der Waals surface area contributed by atoms with E-state index in [0.717, 1.165) is 32.0 Å². The Morgan fingerprint density at radius 3 is 2.33 bits per heavy atom. The molecule has 2 nitrogen and oxygen atoms in total. The number of carbonyl (C=O) groups excluding carboxylic acids is 1. The second-order valence-corrected chi connectivity index (χ2v) is 6.30. The Bertz CT molecular complexity index is 506. The molecule has 1 saturated heterocycles. The zero-order valence-corrected chi connectivity index (χ0v) is 12.8. The summed E-state index contributed by atoms with van der Waals surface area (Å²) in [6.07, 6.45) is 4.61. The first-order chi connectivity index (χ1) is 9.91. The molecule has 1 heterocycles. The molecule has 0 aliphatic carbocycles. The van der Waals surface area contributed by atoms with Gasteiger partial charge in [-0.25, -0.2) is 8.78 Å². The van der Waals surface area contributed by atoms with Gasteiger partial charge in [-0.15, -0.1) is 0 Å². The Morgan fingerprint density at radius 2 is 1.76 bits per heavy atom. The van der Waals surface area contributed by atoms with Crippen molar-refractivity contribution in [3.63, 3.8) is 0 Å². The van der Waals surface area contributed by atoms with Crippen LogP contribution in [0, 0.1) is 11.6 Å². The van der Waals surface area contributed by atoms with Crippen LogP contribution in [0.4, 0.5) is 8.78 Å². The molecule has 2 rings (SSSR count). The van der Waals surface area contributed by atoms with Crippen LogP contribution in [0.5, 0.6) is 0 Å². The lowest BCUT2D eigenvalue weighted by Gasteiger charge is -2.36. The summed E-state index contributed by atoms with van der Waals surface area (Å²) in [6, 6.07) is 3.40. The molecule has 0 atom stereocenters. The van der Waals surface area contributed by atoms with Gasteiger partial charge in [0.2, 0.25) is 0 Å². The van der Waals surface area contributed by atoms with Gasteiger partial charge in [-0.3, -0.25) is 9.69 Å². The Morgan fingerprint density at radius 1 is 1.14 bits per heavy atom. The minimum atomic E-state index is -0.644. The normalized spacial score (nSPS) is 17.5. The summed E-state index contributed by atoms with van der Waals surface area (Å²) in [4.78, 5) is 14.8. The second-order valence-electron chi connectivity index (χ2n) is 6.30. The van der Waals surface area contributed by atoms with Gasteiger partial charge in [0, 0.05) is 12.5 Å². The van der Waals surface area contributed by atoms with Crippen LogP contribution < -0.4 is 0 Å². The van der Waals surface area contributed by atoms with Gasteiger partial charge in [-0.1, -0.05) is 18.9 Å². The summed E-state index contributed by atoms with van der Waals surface area (Å²) in [5, 5.41) is 0. The number of halogens is 2. The molecule has 1 fully saturated rings. The molecule has 0 bridgehead atoms. The molecule has 0 aromatic heterocycles. The smallest absolute Gasteiger partial charge is 0.156 e. The average molecular weight is 295 g/mol. The van der Waals surface area contributed by atoms with Crippen LogP contribution in [0.15, 0.2) is 18.2 Å². The maximum atomic E-state index is 13.7. The summed E-state index contributed by atoms with van der Waals surface area (Å²) in [6.45, 7) is 5.62. The molecule has 0 spiro atoms. The standard InChI is InChI=1S/C17H23F2NO/c1-17(2,20-9-5-3-4-6-10-20)16(21)11-13-7-8-14(18)12-15(13)19/h7-8,12H,3-6,9-11H2,1-2H3. The van der Waals surface area contributed by atoms with Crippen LogP contribution >= 0.6 is 0 Å². The molecule has 1 aliphatic heterocycles. The van der Waals surface area contributed by atoms with Gasteiger partial charge in [0.25, 0.3) is 0 Å². The zero-order chi connectivity index (χ0) is 15.5. The maximum Gasteiger partial charge on any atom is 0.156 e. The molecule has 21 heavy (non-hydrogen) atoms. The predicted octanol–water partition coefficient (Wildman–Crippen LogP) is 3.73. The minimum Gasteiger partial charge on any atom is -0.297 e. The number of hydrogen-bond donors (Lipinski definition) is 0. The number of benzene rings is 1. The molecule has 0 amide bonds. The lowest BCUT2D eigenvalue weighted by atomic mass is 9.91. The maximum absolute atomic E-state index is 13.7. The van der Waals surface area contributed by atoms with E-state index in [1.54, 1.807) is 0 Å². The summed E-state index contributed by atoms with van der Waals surface area (Å²) in [5.74, 6) is -1.28. The van der Waals surface area contributed by atoms with Crippen LogP contribution in [0.1, 0.15) is 45.1 Å². The van der Waals surface area contributed by atoms with Crippen molar-refractivity contribution in [2.24, 2.45) is 0 Å². The molecule has 0 unspecified atom stereocenters. The van der Waals surface area contributed by atoms with E-state index in [0.29, 0.717) is 0 Å². The van der Waals surface area contributed by atoms with E-state index in [1.807, 2.05) is 13.8 Å². The number of nitrogens with zero attached hydrogens (tertiary/aromatic N) is 1. The minimum absolute atomic E-state index is 0.00954. The van der Waals surface area contributed by atoms with Gasteiger partial charge in [0.05, 0.1) is 5.54 Å². The third-order valence-corrected chi connectivity index (χ3v) is 4.45. The van der Waals surface area contributed by atoms with Crippen molar-refractivity contribution in [2.45, 2.75) is 51.5 Å². The van der Waals surface area contributed by atoms with Crippen molar-refractivity contribution in [1.82, 2.24) is 4.90 Å². The fourth-order valence-electron chi connectivity index (χ4n) is 2.86. The second kappa shape index (κ2) is 6.65. The molecule has 0 saturated carbocycles. The largest absolute Gasteiger partial charge is 0.297 e. The molecule has 1 aliphatic rings. The molecule has 0 radical (unpaired) electrons. The zero-order valence-electron chi connectivity index (χ0n) is 12.8. The number of carbonyl (C=O) groups is 1. The van der Waals surface area contributed by atoms with Crippen LogP contribution in [0.25, 0.3) is 0 Å². The van der Waals surface area contributed by atoms with Gasteiger partial charge in [0.1, 0.15) is 11.6 Å². The summed E-state index contributed by atoms with van der Waals surface area (Å²) >= 11 is 0. The summed E-state index contributed by atoms with van der Waals surface area (Å²) in [5.41, 5.74) is -0.338. The monoisotopic (exact) mass is 295 g/mol. The van der Waals surface area contributed by atoms with Gasteiger partial charge in [0.15, 0.2) is 5.78 Å². The lowest BCUT2D eigenvalue weighted by molar-refractivity contribution is -0.128. The van der Waals surface area contributed by atoms with E-state index in [1.165, 1.54) is 25.0 Å². The Kier molecular flexibility index (Phi) is 5.09. The molecule has 1 aromatic rings. The molecule has 116 valence electrons. The quantitative estimate of drug-likeness (QED) is 0.843. The van der Waals surface area contributed by atoms with E-state index < -0.39 is 17.2 Å².